The van der Waals surface area contributed by atoms with E-state index in [0.29, 0.717) is 22.3 Å². The Labute approximate surface area is 223 Å². The van der Waals surface area contributed by atoms with Gasteiger partial charge in [-0.1, -0.05) is 24.3 Å². The number of carbonyl (C=O) groups is 2. The van der Waals surface area contributed by atoms with Crippen molar-refractivity contribution >= 4 is 21.7 Å². The predicted octanol–water partition coefficient (Wildman–Crippen LogP) is 4.57. The van der Waals surface area contributed by atoms with E-state index in [9.17, 15) is 31.2 Å². The first-order valence-electron chi connectivity index (χ1n) is 11.7. The number of amides is 1. The summed E-state index contributed by atoms with van der Waals surface area (Å²) < 4.78 is 79.2. The minimum atomic E-state index is -4.97. The Morgan fingerprint density at radius 1 is 0.949 bits per heavy atom. The van der Waals surface area contributed by atoms with E-state index in [1.165, 1.54) is 43.5 Å². The fourth-order valence-electron chi connectivity index (χ4n) is 3.57. The third kappa shape index (κ3) is 7.58. The molecule has 0 unspecified atom stereocenters. The summed E-state index contributed by atoms with van der Waals surface area (Å²) in [6.07, 6.45) is -4.89. The molecule has 12 heteroatoms. The third-order valence-corrected chi connectivity index (χ3v) is 7.24. The maximum atomic E-state index is 13.3. The molecule has 0 fully saturated rings. The van der Waals surface area contributed by atoms with Crippen LogP contribution < -0.4 is 10.1 Å². The van der Waals surface area contributed by atoms with Crippen LogP contribution in [0.15, 0.2) is 76.5 Å². The molecule has 0 aliphatic rings. The average molecular weight is 566 g/mol. The van der Waals surface area contributed by atoms with Gasteiger partial charge in [0.05, 0.1) is 22.0 Å². The van der Waals surface area contributed by atoms with E-state index in [1.807, 2.05) is 0 Å². The Kier molecular flexibility index (Phi) is 9.71. The molecule has 8 nitrogen and oxygen atoms in total. The van der Waals surface area contributed by atoms with Crippen molar-refractivity contribution in [3.8, 4) is 16.9 Å². The van der Waals surface area contributed by atoms with Crippen molar-refractivity contribution < 1.29 is 45.4 Å². The first-order valence-corrected chi connectivity index (χ1v) is 13.2. The standard InChI is InChI=1S/C27H26F3NO7S/c1-3-37-25(32)20-6-4-5-19(15-20)23-12-11-22(16-24(23)38-17-36-2)39(34,35)21-9-7-18(8-10-21)13-14-31-26(33)27(28,29)30/h4-12,15-16H,3,13-14,17H2,1-2H3,(H,31,33). The molecular weight excluding hydrogens is 539 g/mol. The van der Waals surface area contributed by atoms with Gasteiger partial charge in [-0.25, -0.2) is 13.2 Å². The molecule has 1 amide bonds. The zero-order chi connectivity index (χ0) is 28.6. The molecule has 3 rings (SSSR count). The molecule has 0 aromatic heterocycles. The lowest BCUT2D eigenvalue weighted by Crippen LogP contribution is -2.37. The van der Waals surface area contributed by atoms with Crippen molar-refractivity contribution in [1.29, 1.82) is 0 Å². The number of ether oxygens (including phenoxy) is 3. The van der Waals surface area contributed by atoms with Gasteiger partial charge in [0, 0.05) is 19.2 Å². The van der Waals surface area contributed by atoms with Crippen molar-refractivity contribution in [2.24, 2.45) is 0 Å². The fourth-order valence-corrected chi connectivity index (χ4v) is 4.85. The molecule has 0 spiro atoms. The summed E-state index contributed by atoms with van der Waals surface area (Å²) in [6.45, 7) is 1.49. The van der Waals surface area contributed by atoms with Gasteiger partial charge in [-0.15, -0.1) is 0 Å². The van der Waals surface area contributed by atoms with Crippen molar-refractivity contribution in [2.45, 2.75) is 29.3 Å². The minimum absolute atomic E-state index is 0.0414. The van der Waals surface area contributed by atoms with E-state index >= 15 is 0 Å². The maximum absolute atomic E-state index is 13.3. The number of esters is 1. The molecule has 39 heavy (non-hydrogen) atoms. The first kappa shape index (κ1) is 29.7. The molecule has 0 saturated heterocycles. The summed E-state index contributed by atoms with van der Waals surface area (Å²) in [4.78, 5) is 23.0. The average Bonchev–Trinajstić information content (AvgIpc) is 2.91. The highest BCUT2D eigenvalue weighted by molar-refractivity contribution is 7.91. The molecule has 0 bridgehead atoms. The second kappa shape index (κ2) is 12.8. The topological polar surface area (TPSA) is 108 Å². The number of rotatable bonds is 11. The van der Waals surface area contributed by atoms with Gasteiger partial charge in [-0.2, -0.15) is 13.2 Å². The van der Waals surface area contributed by atoms with E-state index in [-0.39, 0.29) is 41.9 Å². The van der Waals surface area contributed by atoms with Crippen LogP contribution >= 0.6 is 0 Å². The fraction of sp³-hybridized carbons (Fsp3) is 0.259. The van der Waals surface area contributed by atoms with Crippen LogP contribution in [0.3, 0.4) is 0 Å². The summed E-state index contributed by atoms with van der Waals surface area (Å²) in [5, 5.41) is 1.77. The summed E-state index contributed by atoms with van der Waals surface area (Å²) in [6, 6.07) is 16.5. The van der Waals surface area contributed by atoms with Gasteiger partial charge in [-0.05, 0) is 66.9 Å². The van der Waals surface area contributed by atoms with Gasteiger partial charge in [0.15, 0.2) is 6.79 Å². The molecule has 3 aromatic carbocycles. The van der Waals surface area contributed by atoms with Crippen LogP contribution in [0.2, 0.25) is 0 Å². The number of alkyl halides is 3. The summed E-state index contributed by atoms with van der Waals surface area (Å²) in [5.41, 5.74) is 1.98. The lowest BCUT2D eigenvalue weighted by molar-refractivity contribution is -0.173. The quantitative estimate of drug-likeness (QED) is 0.268. The molecular formula is C27H26F3NO7S. The summed E-state index contributed by atoms with van der Waals surface area (Å²) in [5.74, 6) is -2.33. The Bertz CT molecular complexity index is 1420. The van der Waals surface area contributed by atoms with Gasteiger partial charge in [-0.3, -0.25) is 4.79 Å². The van der Waals surface area contributed by atoms with Crippen LogP contribution in [0.4, 0.5) is 13.2 Å². The number of halogens is 3. The summed E-state index contributed by atoms with van der Waals surface area (Å²) >= 11 is 0. The van der Waals surface area contributed by atoms with Gasteiger partial charge in [0.2, 0.25) is 9.84 Å². The second-order valence-corrected chi connectivity index (χ2v) is 10.1. The molecule has 0 heterocycles. The normalized spacial score (nSPS) is 11.6. The monoisotopic (exact) mass is 565 g/mol. The van der Waals surface area contributed by atoms with Crippen LogP contribution in [0.1, 0.15) is 22.8 Å². The number of hydrogen-bond acceptors (Lipinski definition) is 7. The van der Waals surface area contributed by atoms with E-state index < -0.39 is 27.9 Å². The van der Waals surface area contributed by atoms with Crippen molar-refractivity contribution in [1.82, 2.24) is 5.32 Å². The van der Waals surface area contributed by atoms with Crippen LogP contribution in [-0.2, 0) is 30.5 Å². The third-order valence-electron chi connectivity index (χ3n) is 5.47. The molecule has 208 valence electrons. The Morgan fingerprint density at radius 3 is 2.28 bits per heavy atom. The minimum Gasteiger partial charge on any atom is -0.467 e. The second-order valence-electron chi connectivity index (χ2n) is 8.16. The van der Waals surface area contributed by atoms with Gasteiger partial charge in [0.25, 0.3) is 0 Å². The van der Waals surface area contributed by atoms with Crippen LogP contribution in [0.5, 0.6) is 5.75 Å². The summed E-state index contributed by atoms with van der Waals surface area (Å²) in [7, 11) is -2.58. The zero-order valence-corrected chi connectivity index (χ0v) is 21.9. The Hall–Kier alpha value is -3.90. The maximum Gasteiger partial charge on any atom is 0.471 e. The lowest BCUT2D eigenvalue weighted by atomic mass is 10.0. The van der Waals surface area contributed by atoms with Crippen LogP contribution in [-0.4, -0.2) is 53.5 Å². The van der Waals surface area contributed by atoms with Gasteiger partial charge in [0.1, 0.15) is 5.75 Å². The van der Waals surface area contributed by atoms with E-state index in [1.54, 1.807) is 42.6 Å². The largest absolute Gasteiger partial charge is 0.471 e. The van der Waals surface area contributed by atoms with E-state index in [2.05, 4.69) is 0 Å². The van der Waals surface area contributed by atoms with Crippen LogP contribution in [0.25, 0.3) is 11.1 Å². The molecule has 0 radical (unpaired) electrons. The number of nitrogens with one attached hydrogen (secondary N) is 1. The molecule has 0 aliphatic heterocycles. The molecule has 0 atom stereocenters. The SMILES string of the molecule is CCOC(=O)c1cccc(-c2ccc(S(=O)(=O)c3ccc(CCNC(=O)C(F)(F)F)cc3)cc2OCOC)c1. The number of benzene rings is 3. The van der Waals surface area contributed by atoms with Crippen molar-refractivity contribution in [2.75, 3.05) is 27.1 Å². The Balaban J connectivity index is 1.86. The van der Waals surface area contributed by atoms with Crippen molar-refractivity contribution in [3.63, 3.8) is 0 Å². The highest BCUT2D eigenvalue weighted by Crippen LogP contribution is 2.34. The number of sulfone groups is 1. The zero-order valence-electron chi connectivity index (χ0n) is 21.1. The predicted molar refractivity (Wildman–Crippen MR) is 135 cm³/mol. The number of carbonyl (C=O) groups excluding carboxylic acids is 2. The van der Waals surface area contributed by atoms with E-state index in [0.717, 1.165) is 0 Å². The highest BCUT2D eigenvalue weighted by Gasteiger charge is 2.38. The van der Waals surface area contributed by atoms with Gasteiger partial charge >= 0.3 is 18.1 Å². The van der Waals surface area contributed by atoms with Crippen LogP contribution in [0, 0.1) is 0 Å². The molecule has 3 aromatic rings. The lowest BCUT2D eigenvalue weighted by Gasteiger charge is -2.14. The van der Waals surface area contributed by atoms with E-state index in [4.69, 9.17) is 14.2 Å². The van der Waals surface area contributed by atoms with Crippen molar-refractivity contribution in [3.05, 3.63) is 77.9 Å². The number of methoxy groups -OCH3 is 1. The molecule has 0 saturated carbocycles. The Morgan fingerprint density at radius 2 is 1.64 bits per heavy atom. The molecule has 0 aliphatic carbocycles. The highest BCUT2D eigenvalue weighted by atomic mass is 32.2. The van der Waals surface area contributed by atoms with Gasteiger partial charge < -0.3 is 19.5 Å². The molecule has 1 N–H and O–H groups in total. The smallest absolute Gasteiger partial charge is 0.467 e. The number of hydrogen-bond donors (Lipinski definition) is 1. The first-order chi connectivity index (χ1) is 18.5.